The lowest BCUT2D eigenvalue weighted by Crippen LogP contribution is -2.45. The number of rotatable bonds is 2. The third kappa shape index (κ3) is 3.93. The molecule has 0 spiro atoms. The zero-order valence-corrected chi connectivity index (χ0v) is 14.3. The van der Waals surface area contributed by atoms with E-state index < -0.39 is 11.7 Å². The maximum Gasteiger partial charge on any atom is 0.411 e. The Labute approximate surface area is 137 Å². The largest absolute Gasteiger partial charge is 0.444 e. The maximum absolute atomic E-state index is 12.6. The van der Waals surface area contributed by atoms with Gasteiger partial charge in [-0.2, -0.15) is 0 Å². The van der Waals surface area contributed by atoms with Crippen LogP contribution in [0, 0.1) is 0 Å². The molecule has 1 aliphatic heterocycles. The Kier molecular flexibility index (Phi) is 5.03. The fraction of sp³-hybridized carbons (Fsp3) is 0.588. The van der Waals surface area contributed by atoms with Crippen LogP contribution in [0.1, 0.15) is 52.1 Å². The molecule has 1 aliphatic rings. The normalized spacial score (nSPS) is 23.5. The molecule has 4 nitrogen and oxygen atoms in total. The van der Waals surface area contributed by atoms with E-state index in [2.05, 4.69) is 0 Å². The first-order valence-corrected chi connectivity index (χ1v) is 8.01. The molecule has 0 radical (unpaired) electrons. The SMILES string of the molecule is C[C@H](O)[C@H]1CC[C@@H](c2ccc(Cl)cc2)N1C(=O)OC(C)(C)C. The summed E-state index contributed by atoms with van der Waals surface area (Å²) in [5.41, 5.74) is 0.450. The van der Waals surface area contributed by atoms with Crippen LogP contribution in [0.25, 0.3) is 0 Å². The Hall–Kier alpha value is -1.26. The second-order valence-electron chi connectivity index (χ2n) is 6.84. The standard InChI is InChI=1S/C17H24ClNO3/c1-11(20)14-9-10-15(12-5-7-13(18)8-6-12)19(14)16(21)22-17(2,3)4/h5-8,11,14-15,20H,9-10H2,1-4H3/t11-,14+,15-/m0/s1. The van der Waals surface area contributed by atoms with Gasteiger partial charge in [0.1, 0.15) is 5.60 Å². The van der Waals surface area contributed by atoms with Crippen LogP contribution in [-0.4, -0.2) is 33.8 Å². The quantitative estimate of drug-likeness (QED) is 0.888. The average molecular weight is 326 g/mol. The van der Waals surface area contributed by atoms with Crippen LogP contribution in [0.5, 0.6) is 0 Å². The lowest BCUT2D eigenvalue weighted by molar-refractivity contribution is -0.00164. The fourth-order valence-corrected chi connectivity index (χ4v) is 3.03. The Bertz CT molecular complexity index is 522. The Morgan fingerprint density at radius 2 is 1.91 bits per heavy atom. The van der Waals surface area contributed by atoms with Crippen molar-refractivity contribution in [3.05, 3.63) is 34.9 Å². The van der Waals surface area contributed by atoms with Crippen LogP contribution in [-0.2, 0) is 4.74 Å². The smallest absolute Gasteiger partial charge is 0.411 e. The van der Waals surface area contributed by atoms with E-state index >= 15 is 0 Å². The van der Waals surface area contributed by atoms with Gasteiger partial charge in [0.15, 0.2) is 0 Å². The predicted molar refractivity (Wildman–Crippen MR) is 87.0 cm³/mol. The van der Waals surface area contributed by atoms with E-state index in [9.17, 15) is 9.90 Å². The minimum absolute atomic E-state index is 0.0910. The molecular formula is C17H24ClNO3. The van der Waals surface area contributed by atoms with E-state index in [1.807, 2.05) is 45.0 Å². The predicted octanol–water partition coefficient (Wildman–Crippen LogP) is 4.16. The number of halogens is 1. The Balaban J connectivity index is 2.28. The van der Waals surface area contributed by atoms with Crippen molar-refractivity contribution in [1.82, 2.24) is 4.90 Å². The third-order valence-corrected chi connectivity index (χ3v) is 4.10. The first-order chi connectivity index (χ1) is 10.2. The molecule has 0 saturated carbocycles. The van der Waals surface area contributed by atoms with E-state index in [0.717, 1.165) is 18.4 Å². The Morgan fingerprint density at radius 1 is 1.32 bits per heavy atom. The van der Waals surface area contributed by atoms with Crippen LogP contribution >= 0.6 is 11.6 Å². The summed E-state index contributed by atoms with van der Waals surface area (Å²) < 4.78 is 5.53. The number of carbonyl (C=O) groups is 1. The number of ether oxygens (including phenoxy) is 1. The monoisotopic (exact) mass is 325 g/mol. The lowest BCUT2D eigenvalue weighted by Gasteiger charge is -2.34. The van der Waals surface area contributed by atoms with E-state index in [1.165, 1.54) is 0 Å². The van der Waals surface area contributed by atoms with Crippen molar-refractivity contribution in [2.75, 3.05) is 0 Å². The molecular weight excluding hydrogens is 302 g/mol. The zero-order chi connectivity index (χ0) is 16.5. The van der Waals surface area contributed by atoms with Gasteiger partial charge >= 0.3 is 6.09 Å². The number of aliphatic hydroxyl groups is 1. The summed E-state index contributed by atoms with van der Waals surface area (Å²) in [5.74, 6) is 0. The first-order valence-electron chi connectivity index (χ1n) is 7.64. The number of hydrogen-bond donors (Lipinski definition) is 1. The van der Waals surface area contributed by atoms with Gasteiger partial charge in [-0.15, -0.1) is 0 Å². The second kappa shape index (κ2) is 6.47. The van der Waals surface area contributed by atoms with Crippen LogP contribution in [0.3, 0.4) is 0 Å². The number of carbonyl (C=O) groups excluding carboxylic acids is 1. The molecule has 1 fully saturated rings. The highest BCUT2D eigenvalue weighted by atomic mass is 35.5. The van der Waals surface area contributed by atoms with Gasteiger partial charge in [-0.25, -0.2) is 4.79 Å². The number of likely N-dealkylation sites (tertiary alicyclic amines) is 1. The number of nitrogens with zero attached hydrogens (tertiary/aromatic N) is 1. The zero-order valence-electron chi connectivity index (χ0n) is 13.5. The minimum Gasteiger partial charge on any atom is -0.444 e. The van der Waals surface area contributed by atoms with Crippen molar-refractivity contribution in [3.8, 4) is 0 Å². The molecule has 0 bridgehead atoms. The van der Waals surface area contributed by atoms with Gasteiger partial charge in [0.05, 0.1) is 18.2 Å². The molecule has 1 amide bonds. The molecule has 1 N–H and O–H groups in total. The fourth-order valence-electron chi connectivity index (χ4n) is 2.90. The summed E-state index contributed by atoms with van der Waals surface area (Å²) in [6.07, 6.45) is 0.585. The number of hydrogen-bond acceptors (Lipinski definition) is 3. The minimum atomic E-state index is -0.593. The summed E-state index contributed by atoms with van der Waals surface area (Å²) in [5, 5.41) is 10.7. The van der Waals surface area contributed by atoms with Gasteiger partial charge in [-0.1, -0.05) is 23.7 Å². The summed E-state index contributed by atoms with van der Waals surface area (Å²) >= 11 is 5.94. The third-order valence-electron chi connectivity index (χ3n) is 3.84. The molecule has 3 atom stereocenters. The van der Waals surface area contributed by atoms with E-state index in [-0.39, 0.29) is 18.2 Å². The number of amides is 1. The first kappa shape index (κ1) is 17.1. The summed E-state index contributed by atoms with van der Waals surface area (Å²) in [6.45, 7) is 7.24. The summed E-state index contributed by atoms with van der Waals surface area (Å²) in [7, 11) is 0. The van der Waals surface area contributed by atoms with Crippen molar-refractivity contribution in [3.63, 3.8) is 0 Å². The molecule has 1 heterocycles. The summed E-state index contributed by atoms with van der Waals surface area (Å²) in [4.78, 5) is 14.3. The van der Waals surface area contributed by atoms with Crippen molar-refractivity contribution in [1.29, 1.82) is 0 Å². The van der Waals surface area contributed by atoms with Gasteiger partial charge in [-0.3, -0.25) is 4.90 Å². The van der Waals surface area contributed by atoms with Crippen LogP contribution in [0.2, 0.25) is 5.02 Å². The molecule has 5 heteroatoms. The highest BCUT2D eigenvalue weighted by molar-refractivity contribution is 6.30. The van der Waals surface area contributed by atoms with Crippen molar-refractivity contribution >= 4 is 17.7 Å². The number of benzene rings is 1. The maximum atomic E-state index is 12.6. The van der Waals surface area contributed by atoms with Gasteiger partial charge < -0.3 is 9.84 Å². The van der Waals surface area contributed by atoms with Crippen LogP contribution < -0.4 is 0 Å². The topological polar surface area (TPSA) is 49.8 Å². The highest BCUT2D eigenvalue weighted by Gasteiger charge is 2.41. The molecule has 22 heavy (non-hydrogen) atoms. The van der Waals surface area contributed by atoms with Crippen LogP contribution in [0.15, 0.2) is 24.3 Å². The molecule has 0 unspecified atom stereocenters. The van der Waals surface area contributed by atoms with Gasteiger partial charge in [-0.05, 0) is 58.2 Å². The molecule has 122 valence electrons. The summed E-state index contributed by atoms with van der Waals surface area (Å²) in [6, 6.07) is 7.17. The molecule has 2 rings (SSSR count). The van der Waals surface area contributed by atoms with Crippen molar-refractivity contribution < 1.29 is 14.6 Å². The lowest BCUT2D eigenvalue weighted by atomic mass is 10.0. The second-order valence-corrected chi connectivity index (χ2v) is 7.28. The van der Waals surface area contributed by atoms with E-state index in [1.54, 1.807) is 11.8 Å². The van der Waals surface area contributed by atoms with E-state index in [0.29, 0.717) is 5.02 Å². The molecule has 1 aromatic rings. The molecule has 0 aromatic heterocycles. The van der Waals surface area contributed by atoms with Gasteiger partial charge in [0.25, 0.3) is 0 Å². The van der Waals surface area contributed by atoms with E-state index in [4.69, 9.17) is 16.3 Å². The molecule has 0 aliphatic carbocycles. The number of aliphatic hydroxyl groups excluding tert-OH is 1. The molecule has 1 saturated heterocycles. The van der Waals surface area contributed by atoms with Crippen molar-refractivity contribution in [2.24, 2.45) is 0 Å². The Morgan fingerprint density at radius 3 is 2.41 bits per heavy atom. The van der Waals surface area contributed by atoms with Gasteiger partial charge in [0, 0.05) is 5.02 Å². The van der Waals surface area contributed by atoms with Crippen LogP contribution in [0.4, 0.5) is 4.79 Å². The average Bonchev–Trinajstić information content (AvgIpc) is 2.82. The highest BCUT2D eigenvalue weighted by Crippen LogP contribution is 2.38. The van der Waals surface area contributed by atoms with Crippen molar-refractivity contribution in [2.45, 2.75) is 64.3 Å². The van der Waals surface area contributed by atoms with Gasteiger partial charge in [0.2, 0.25) is 0 Å². The molecule has 1 aromatic carbocycles.